The molecule has 0 fully saturated rings. The van der Waals surface area contributed by atoms with E-state index in [2.05, 4.69) is 25.6 Å². The minimum atomic E-state index is -0.126. The standard InChI is InChI=1S/C24H21Cl2N5OS/c25-17-5-4-16(19(26)15-17)8-12-28-23(32)22-7-6-21(33-22)20-10-14-30-24(31-20)29-13-9-18-3-1-2-11-27-18/h1-7,10-11,14-15H,8-9,12-13H2,(H,28,32)(H,29,30,31). The largest absolute Gasteiger partial charge is 0.354 e. The molecule has 3 heterocycles. The zero-order valence-electron chi connectivity index (χ0n) is 17.6. The lowest BCUT2D eigenvalue weighted by atomic mass is 10.1. The summed E-state index contributed by atoms with van der Waals surface area (Å²) in [5.74, 6) is 0.418. The van der Waals surface area contributed by atoms with Crippen LogP contribution >= 0.6 is 34.5 Å². The lowest BCUT2D eigenvalue weighted by Crippen LogP contribution is -2.24. The van der Waals surface area contributed by atoms with Crippen molar-refractivity contribution in [3.63, 3.8) is 0 Å². The Kier molecular flexibility index (Phi) is 7.88. The van der Waals surface area contributed by atoms with Crippen LogP contribution in [0.3, 0.4) is 0 Å². The molecule has 168 valence electrons. The van der Waals surface area contributed by atoms with Gasteiger partial charge in [-0.25, -0.2) is 9.97 Å². The predicted octanol–water partition coefficient (Wildman–Crippen LogP) is 5.53. The molecule has 3 aromatic heterocycles. The molecule has 0 unspecified atom stereocenters. The minimum Gasteiger partial charge on any atom is -0.354 e. The Hall–Kier alpha value is -3.00. The number of nitrogens with one attached hydrogen (secondary N) is 2. The van der Waals surface area contributed by atoms with E-state index < -0.39 is 0 Å². The van der Waals surface area contributed by atoms with Crippen LogP contribution in [0.2, 0.25) is 10.0 Å². The van der Waals surface area contributed by atoms with Crippen LogP contribution in [0.15, 0.2) is 67.0 Å². The zero-order chi connectivity index (χ0) is 23.0. The quantitative estimate of drug-likeness (QED) is 0.317. The number of hydrogen-bond donors (Lipinski definition) is 2. The third kappa shape index (κ3) is 6.51. The fourth-order valence-electron chi connectivity index (χ4n) is 3.15. The summed E-state index contributed by atoms with van der Waals surface area (Å²) in [5.41, 5.74) is 2.72. The molecule has 6 nitrogen and oxygen atoms in total. The Labute approximate surface area is 206 Å². The van der Waals surface area contributed by atoms with E-state index in [1.54, 1.807) is 30.6 Å². The Balaban J connectivity index is 1.31. The number of anilines is 1. The summed E-state index contributed by atoms with van der Waals surface area (Å²) in [6, 6.07) is 16.8. The number of carbonyl (C=O) groups is 1. The summed E-state index contributed by atoms with van der Waals surface area (Å²) in [5, 5.41) is 7.36. The normalized spacial score (nSPS) is 10.7. The highest BCUT2D eigenvalue weighted by Gasteiger charge is 2.12. The highest BCUT2D eigenvalue weighted by Crippen LogP contribution is 2.27. The maximum atomic E-state index is 12.6. The van der Waals surface area contributed by atoms with Crippen LogP contribution in [0.5, 0.6) is 0 Å². The molecule has 1 aromatic carbocycles. The first-order chi connectivity index (χ1) is 16.1. The maximum absolute atomic E-state index is 12.6. The molecule has 33 heavy (non-hydrogen) atoms. The fourth-order valence-corrected chi connectivity index (χ4v) is 4.54. The maximum Gasteiger partial charge on any atom is 0.261 e. The third-order valence-corrected chi connectivity index (χ3v) is 6.52. The molecule has 0 aliphatic heterocycles. The van der Waals surface area contributed by atoms with E-state index in [1.165, 1.54) is 11.3 Å². The molecule has 0 atom stereocenters. The van der Waals surface area contributed by atoms with Crippen molar-refractivity contribution in [3.8, 4) is 10.6 Å². The van der Waals surface area contributed by atoms with Crippen LogP contribution in [0.25, 0.3) is 10.6 Å². The van der Waals surface area contributed by atoms with Gasteiger partial charge in [-0.2, -0.15) is 0 Å². The van der Waals surface area contributed by atoms with Crippen molar-refractivity contribution in [2.75, 3.05) is 18.4 Å². The van der Waals surface area contributed by atoms with Crippen LogP contribution in [0, 0.1) is 0 Å². The molecular formula is C24H21Cl2N5OS. The summed E-state index contributed by atoms with van der Waals surface area (Å²) in [6.45, 7) is 1.15. The zero-order valence-corrected chi connectivity index (χ0v) is 19.9. The highest BCUT2D eigenvalue weighted by atomic mass is 35.5. The van der Waals surface area contributed by atoms with Crippen LogP contribution in [0.4, 0.5) is 5.95 Å². The Morgan fingerprint density at radius 3 is 2.67 bits per heavy atom. The lowest BCUT2D eigenvalue weighted by molar-refractivity contribution is 0.0958. The van der Waals surface area contributed by atoms with Crippen molar-refractivity contribution in [2.24, 2.45) is 0 Å². The van der Waals surface area contributed by atoms with Crippen molar-refractivity contribution in [1.29, 1.82) is 0 Å². The monoisotopic (exact) mass is 497 g/mol. The number of thiophene rings is 1. The predicted molar refractivity (Wildman–Crippen MR) is 134 cm³/mol. The number of aromatic nitrogens is 3. The number of carbonyl (C=O) groups excluding carboxylic acids is 1. The molecule has 1 amide bonds. The molecular weight excluding hydrogens is 477 g/mol. The molecule has 0 saturated heterocycles. The van der Waals surface area contributed by atoms with Gasteiger partial charge in [-0.05, 0) is 54.4 Å². The molecule has 0 saturated carbocycles. The topological polar surface area (TPSA) is 79.8 Å². The first-order valence-corrected chi connectivity index (χ1v) is 11.9. The second kappa shape index (κ2) is 11.2. The van der Waals surface area contributed by atoms with Gasteiger partial charge in [-0.1, -0.05) is 35.3 Å². The van der Waals surface area contributed by atoms with Gasteiger partial charge in [0, 0.05) is 47.6 Å². The molecule has 0 spiro atoms. The average molecular weight is 498 g/mol. The number of rotatable bonds is 9. The van der Waals surface area contributed by atoms with Gasteiger partial charge >= 0.3 is 0 Å². The summed E-state index contributed by atoms with van der Waals surface area (Å²) >= 11 is 13.5. The first-order valence-electron chi connectivity index (χ1n) is 10.4. The second-order valence-corrected chi connectivity index (χ2v) is 9.10. The number of hydrogen-bond acceptors (Lipinski definition) is 6. The van der Waals surface area contributed by atoms with E-state index >= 15 is 0 Å². The molecule has 4 rings (SSSR count). The summed E-state index contributed by atoms with van der Waals surface area (Å²) in [4.78, 5) is 27.2. The number of amides is 1. The van der Waals surface area contributed by atoms with Gasteiger partial charge in [0.1, 0.15) is 0 Å². The summed E-state index contributed by atoms with van der Waals surface area (Å²) in [7, 11) is 0. The Morgan fingerprint density at radius 2 is 1.85 bits per heavy atom. The first kappa shape index (κ1) is 23.2. The summed E-state index contributed by atoms with van der Waals surface area (Å²) in [6.07, 6.45) is 4.89. The number of benzene rings is 1. The minimum absolute atomic E-state index is 0.126. The van der Waals surface area contributed by atoms with E-state index in [0.29, 0.717) is 40.4 Å². The van der Waals surface area contributed by atoms with Gasteiger partial charge < -0.3 is 10.6 Å². The fraction of sp³-hybridized carbons (Fsp3) is 0.167. The Bertz CT molecular complexity index is 1230. The molecule has 0 bridgehead atoms. The van der Waals surface area contributed by atoms with Crippen molar-refractivity contribution < 1.29 is 4.79 Å². The van der Waals surface area contributed by atoms with Gasteiger partial charge in [0.05, 0.1) is 15.4 Å². The number of nitrogens with zero attached hydrogens (tertiary/aromatic N) is 3. The Morgan fingerprint density at radius 1 is 0.939 bits per heavy atom. The van der Waals surface area contributed by atoms with Gasteiger partial charge in [-0.3, -0.25) is 9.78 Å². The third-order valence-electron chi connectivity index (χ3n) is 4.82. The van der Waals surface area contributed by atoms with Gasteiger partial charge in [0.25, 0.3) is 5.91 Å². The van der Waals surface area contributed by atoms with Crippen LogP contribution < -0.4 is 10.6 Å². The molecule has 0 radical (unpaired) electrons. The van der Waals surface area contributed by atoms with E-state index in [4.69, 9.17) is 23.2 Å². The van der Waals surface area contributed by atoms with E-state index in [-0.39, 0.29) is 5.91 Å². The number of halogens is 2. The number of pyridine rings is 1. The highest BCUT2D eigenvalue weighted by molar-refractivity contribution is 7.17. The van der Waals surface area contributed by atoms with E-state index in [1.807, 2.05) is 36.4 Å². The second-order valence-electron chi connectivity index (χ2n) is 7.17. The van der Waals surface area contributed by atoms with Crippen LogP contribution in [0.1, 0.15) is 20.9 Å². The van der Waals surface area contributed by atoms with Crippen LogP contribution in [-0.2, 0) is 12.8 Å². The summed E-state index contributed by atoms with van der Waals surface area (Å²) < 4.78 is 0. The van der Waals surface area contributed by atoms with E-state index in [9.17, 15) is 4.79 Å². The van der Waals surface area contributed by atoms with Gasteiger partial charge in [0.2, 0.25) is 5.95 Å². The average Bonchev–Trinajstić information content (AvgIpc) is 3.32. The van der Waals surface area contributed by atoms with Crippen molar-refractivity contribution in [1.82, 2.24) is 20.3 Å². The SMILES string of the molecule is O=C(NCCc1ccc(Cl)cc1Cl)c1ccc(-c2ccnc(NCCc3ccccn3)n2)s1. The van der Waals surface area contributed by atoms with Crippen molar-refractivity contribution in [3.05, 3.63) is 93.2 Å². The van der Waals surface area contributed by atoms with Crippen molar-refractivity contribution >= 4 is 46.4 Å². The molecule has 4 aromatic rings. The van der Waals surface area contributed by atoms with Gasteiger partial charge in [-0.15, -0.1) is 11.3 Å². The molecule has 0 aliphatic carbocycles. The van der Waals surface area contributed by atoms with Crippen molar-refractivity contribution in [2.45, 2.75) is 12.8 Å². The van der Waals surface area contributed by atoms with Gasteiger partial charge in [0.15, 0.2) is 0 Å². The van der Waals surface area contributed by atoms with Crippen LogP contribution in [-0.4, -0.2) is 33.9 Å². The van der Waals surface area contributed by atoms with E-state index in [0.717, 1.165) is 28.2 Å². The molecule has 2 N–H and O–H groups in total. The lowest BCUT2D eigenvalue weighted by Gasteiger charge is -2.06. The molecule has 9 heteroatoms. The molecule has 0 aliphatic rings. The smallest absolute Gasteiger partial charge is 0.261 e.